The molecule has 148 valence electrons. The van der Waals surface area contributed by atoms with E-state index >= 15 is 0 Å². The van der Waals surface area contributed by atoms with Gasteiger partial charge in [-0.05, 0) is 30.7 Å². The molecule has 1 saturated heterocycles. The predicted molar refractivity (Wildman–Crippen MR) is 107 cm³/mol. The van der Waals surface area contributed by atoms with Crippen molar-refractivity contribution in [3.8, 4) is 0 Å². The van der Waals surface area contributed by atoms with Crippen molar-refractivity contribution in [1.82, 2.24) is 14.8 Å². The molecule has 1 fully saturated rings. The van der Waals surface area contributed by atoms with Gasteiger partial charge in [-0.25, -0.2) is 4.39 Å². The molecule has 6 nitrogen and oxygen atoms in total. The third-order valence-corrected chi connectivity index (χ3v) is 5.19. The lowest BCUT2D eigenvalue weighted by Crippen LogP contribution is -2.39. The fraction of sp³-hybridized carbons (Fsp3) is 0.227. The second-order valence-electron chi connectivity index (χ2n) is 6.99. The smallest absolute Gasteiger partial charge is 0.259 e. The molecule has 0 unspecified atom stereocenters. The van der Waals surface area contributed by atoms with Gasteiger partial charge in [0.25, 0.3) is 11.8 Å². The number of pyridine rings is 1. The topological polar surface area (TPSA) is 73.5 Å². The second-order valence-corrected chi connectivity index (χ2v) is 6.99. The molecule has 0 spiro atoms. The Labute approximate surface area is 166 Å². The maximum atomic E-state index is 13.9. The lowest BCUT2D eigenvalue weighted by Gasteiger charge is -2.22. The van der Waals surface area contributed by atoms with Gasteiger partial charge < -0.3 is 14.8 Å². The molecule has 1 aromatic heterocycles. The number of aromatic amines is 1. The van der Waals surface area contributed by atoms with E-state index in [-0.39, 0.29) is 41.5 Å². The molecule has 0 atom stereocenters. The summed E-state index contributed by atoms with van der Waals surface area (Å²) in [4.78, 5) is 44.5. The third kappa shape index (κ3) is 3.63. The van der Waals surface area contributed by atoms with Crippen molar-refractivity contribution in [2.45, 2.75) is 6.42 Å². The van der Waals surface area contributed by atoms with Crippen molar-refractivity contribution >= 4 is 22.7 Å². The molecule has 0 saturated carbocycles. The highest BCUT2D eigenvalue weighted by molar-refractivity contribution is 5.97. The Morgan fingerprint density at radius 2 is 1.45 bits per heavy atom. The average Bonchev–Trinajstić information content (AvgIpc) is 3.00. The van der Waals surface area contributed by atoms with Gasteiger partial charge in [-0.2, -0.15) is 0 Å². The van der Waals surface area contributed by atoms with Crippen LogP contribution in [0.4, 0.5) is 4.39 Å². The first-order chi connectivity index (χ1) is 14.1. The van der Waals surface area contributed by atoms with Crippen LogP contribution in [0.5, 0.6) is 0 Å². The van der Waals surface area contributed by atoms with Crippen LogP contribution in [0.25, 0.3) is 10.9 Å². The number of rotatable bonds is 2. The quantitative estimate of drug-likeness (QED) is 0.728. The molecule has 0 bridgehead atoms. The number of benzene rings is 2. The zero-order valence-electron chi connectivity index (χ0n) is 15.7. The Morgan fingerprint density at radius 3 is 2.17 bits per heavy atom. The Kier molecular flexibility index (Phi) is 5.12. The SMILES string of the molecule is O=C(c1ccccc1F)N1CCCN(C(=O)c2c[nH]c3ccccc3c2=O)CC1. The first kappa shape index (κ1) is 18.9. The minimum Gasteiger partial charge on any atom is -0.360 e. The predicted octanol–water partition coefficient (Wildman–Crippen LogP) is 2.66. The van der Waals surface area contributed by atoms with Crippen molar-refractivity contribution in [2.24, 2.45) is 0 Å². The third-order valence-electron chi connectivity index (χ3n) is 5.19. The van der Waals surface area contributed by atoms with E-state index in [9.17, 15) is 18.8 Å². The van der Waals surface area contributed by atoms with Crippen LogP contribution in [-0.2, 0) is 0 Å². The summed E-state index contributed by atoms with van der Waals surface area (Å²) >= 11 is 0. The van der Waals surface area contributed by atoms with Crippen LogP contribution in [0.1, 0.15) is 27.1 Å². The van der Waals surface area contributed by atoms with Gasteiger partial charge >= 0.3 is 0 Å². The molecular formula is C22H20FN3O3. The molecule has 2 heterocycles. The van der Waals surface area contributed by atoms with Crippen molar-refractivity contribution in [3.63, 3.8) is 0 Å². The van der Waals surface area contributed by atoms with Crippen LogP contribution >= 0.6 is 0 Å². The number of carbonyl (C=O) groups is 2. The molecule has 1 N–H and O–H groups in total. The monoisotopic (exact) mass is 393 g/mol. The number of nitrogens with zero attached hydrogens (tertiary/aromatic N) is 2. The van der Waals surface area contributed by atoms with Crippen molar-refractivity contribution in [3.05, 3.63) is 81.9 Å². The first-order valence-corrected chi connectivity index (χ1v) is 9.50. The van der Waals surface area contributed by atoms with Crippen molar-refractivity contribution < 1.29 is 14.0 Å². The number of amides is 2. The summed E-state index contributed by atoms with van der Waals surface area (Å²) in [6, 6.07) is 12.9. The van der Waals surface area contributed by atoms with Crippen LogP contribution in [0.2, 0.25) is 0 Å². The highest BCUT2D eigenvalue weighted by atomic mass is 19.1. The van der Waals surface area contributed by atoms with Crippen LogP contribution in [0.3, 0.4) is 0 Å². The summed E-state index contributed by atoms with van der Waals surface area (Å²) in [5.74, 6) is -1.31. The highest BCUT2D eigenvalue weighted by Gasteiger charge is 2.26. The molecule has 2 amide bonds. The molecular weight excluding hydrogens is 373 g/mol. The molecule has 4 rings (SSSR count). The molecule has 7 heteroatoms. The zero-order chi connectivity index (χ0) is 20.4. The van der Waals surface area contributed by atoms with Crippen molar-refractivity contribution in [2.75, 3.05) is 26.2 Å². The van der Waals surface area contributed by atoms with Crippen LogP contribution in [0.15, 0.2) is 59.5 Å². The van der Waals surface area contributed by atoms with Gasteiger partial charge in [-0.3, -0.25) is 14.4 Å². The lowest BCUT2D eigenvalue weighted by molar-refractivity contribution is 0.0715. The second kappa shape index (κ2) is 7.87. The largest absolute Gasteiger partial charge is 0.360 e. The number of carbonyl (C=O) groups excluding carboxylic acids is 2. The van der Waals surface area contributed by atoms with Gasteiger partial charge in [-0.1, -0.05) is 24.3 Å². The Bertz CT molecular complexity index is 1140. The minimum absolute atomic E-state index is 0.0262. The molecule has 1 aliphatic rings. The van der Waals surface area contributed by atoms with E-state index in [0.29, 0.717) is 30.4 Å². The number of aromatic nitrogens is 1. The van der Waals surface area contributed by atoms with E-state index in [0.717, 1.165) is 0 Å². The van der Waals surface area contributed by atoms with E-state index in [4.69, 9.17) is 0 Å². The van der Waals surface area contributed by atoms with Crippen molar-refractivity contribution in [1.29, 1.82) is 0 Å². The molecule has 1 aliphatic heterocycles. The van der Waals surface area contributed by atoms with Crippen LogP contribution in [-0.4, -0.2) is 52.8 Å². The highest BCUT2D eigenvalue weighted by Crippen LogP contribution is 2.14. The lowest BCUT2D eigenvalue weighted by atomic mass is 10.1. The summed E-state index contributed by atoms with van der Waals surface area (Å²) < 4.78 is 13.9. The molecule has 3 aromatic rings. The Hall–Kier alpha value is -3.48. The van der Waals surface area contributed by atoms with E-state index < -0.39 is 5.82 Å². The summed E-state index contributed by atoms with van der Waals surface area (Å²) in [7, 11) is 0. The first-order valence-electron chi connectivity index (χ1n) is 9.50. The summed E-state index contributed by atoms with van der Waals surface area (Å²) in [6.45, 7) is 1.41. The van der Waals surface area contributed by atoms with E-state index in [1.54, 1.807) is 34.1 Å². The number of hydrogen-bond donors (Lipinski definition) is 1. The van der Waals surface area contributed by atoms with E-state index in [1.807, 2.05) is 6.07 Å². The average molecular weight is 393 g/mol. The number of H-pyrrole nitrogens is 1. The van der Waals surface area contributed by atoms with Gasteiger partial charge in [0, 0.05) is 43.3 Å². The Balaban J connectivity index is 1.52. The van der Waals surface area contributed by atoms with E-state index in [1.165, 1.54) is 24.4 Å². The number of hydrogen-bond acceptors (Lipinski definition) is 3. The Morgan fingerprint density at radius 1 is 0.828 bits per heavy atom. The van der Waals surface area contributed by atoms with Gasteiger partial charge in [0.15, 0.2) is 0 Å². The summed E-state index contributed by atoms with van der Waals surface area (Å²) in [6.07, 6.45) is 2.00. The summed E-state index contributed by atoms with van der Waals surface area (Å²) in [5, 5.41) is 0.463. The van der Waals surface area contributed by atoms with Gasteiger partial charge in [0.1, 0.15) is 11.4 Å². The molecule has 0 aliphatic carbocycles. The van der Waals surface area contributed by atoms with Gasteiger partial charge in [0.2, 0.25) is 5.43 Å². The van der Waals surface area contributed by atoms with E-state index in [2.05, 4.69) is 4.98 Å². The van der Waals surface area contributed by atoms with Gasteiger partial charge in [0.05, 0.1) is 5.56 Å². The van der Waals surface area contributed by atoms with Crippen LogP contribution < -0.4 is 5.43 Å². The fourth-order valence-corrected chi connectivity index (χ4v) is 3.63. The minimum atomic E-state index is -0.558. The standard InChI is InChI=1S/C22H20FN3O3/c23-18-8-3-1-6-15(18)21(28)25-10-5-11-26(13-12-25)22(29)17-14-24-19-9-4-2-7-16(19)20(17)27/h1-4,6-9,14H,5,10-13H2,(H,24,27). The maximum Gasteiger partial charge on any atom is 0.259 e. The van der Waals surface area contributed by atoms with Crippen LogP contribution in [0, 0.1) is 5.82 Å². The number of para-hydroxylation sites is 1. The number of halogens is 1. The fourth-order valence-electron chi connectivity index (χ4n) is 3.63. The maximum absolute atomic E-state index is 13.9. The normalized spacial score (nSPS) is 14.7. The molecule has 0 radical (unpaired) electrons. The molecule has 2 aromatic carbocycles. The summed E-state index contributed by atoms with van der Waals surface area (Å²) in [5.41, 5.74) is 0.468. The zero-order valence-corrected chi connectivity index (χ0v) is 15.7. The number of nitrogens with one attached hydrogen (secondary N) is 1. The van der Waals surface area contributed by atoms with Gasteiger partial charge in [-0.15, -0.1) is 0 Å². The molecule has 29 heavy (non-hydrogen) atoms. The number of fused-ring (bicyclic) bond motifs is 1.